The highest BCUT2D eigenvalue weighted by molar-refractivity contribution is 5.94. The van der Waals surface area contributed by atoms with Crippen LogP contribution >= 0.6 is 0 Å². The zero-order valence-corrected chi connectivity index (χ0v) is 16.0. The van der Waals surface area contributed by atoms with Gasteiger partial charge in [0.15, 0.2) is 0 Å². The van der Waals surface area contributed by atoms with Crippen LogP contribution in [0.5, 0.6) is 0 Å². The van der Waals surface area contributed by atoms with E-state index in [-0.39, 0.29) is 23.8 Å². The lowest BCUT2D eigenvalue weighted by Gasteiger charge is -2.35. The monoisotopic (exact) mass is 378 g/mol. The lowest BCUT2D eigenvalue weighted by Crippen LogP contribution is -2.48. The van der Waals surface area contributed by atoms with Gasteiger partial charge in [0.25, 0.3) is 5.91 Å². The Bertz CT molecular complexity index is 812. The molecule has 2 saturated heterocycles. The van der Waals surface area contributed by atoms with E-state index in [1.54, 1.807) is 36.9 Å². The van der Waals surface area contributed by atoms with E-state index < -0.39 is 0 Å². The summed E-state index contributed by atoms with van der Waals surface area (Å²) in [5.41, 5.74) is 1.86. The summed E-state index contributed by atoms with van der Waals surface area (Å²) in [6.07, 6.45) is 11.6. The molecule has 2 unspecified atom stereocenters. The fraction of sp³-hybridized carbons (Fsp3) is 0.455. The number of pyridine rings is 2. The Hall–Kier alpha value is -2.76. The molecular weight excluding hydrogens is 352 g/mol. The van der Waals surface area contributed by atoms with Crippen molar-refractivity contribution in [2.24, 2.45) is 5.92 Å². The van der Waals surface area contributed by atoms with E-state index in [0.717, 1.165) is 38.6 Å². The summed E-state index contributed by atoms with van der Waals surface area (Å²) in [4.78, 5) is 38.0. The van der Waals surface area contributed by atoms with E-state index >= 15 is 0 Å². The minimum atomic E-state index is -0.0995. The maximum Gasteiger partial charge on any atom is 0.253 e. The highest BCUT2D eigenvalue weighted by Gasteiger charge is 2.36. The molecule has 6 nitrogen and oxygen atoms in total. The SMILES string of the molecule is O=C(c1ccncc1)N1CCCC(C(=O)N2CCCC2Cc2ccncc2)C1. The van der Waals surface area contributed by atoms with E-state index in [1.165, 1.54) is 5.56 Å². The molecule has 0 aliphatic carbocycles. The second-order valence-corrected chi connectivity index (χ2v) is 7.71. The van der Waals surface area contributed by atoms with Gasteiger partial charge < -0.3 is 9.80 Å². The first-order valence-electron chi connectivity index (χ1n) is 10.1. The Morgan fingerprint density at radius 3 is 2.36 bits per heavy atom. The Labute approximate surface area is 165 Å². The molecule has 0 aromatic carbocycles. The molecule has 2 aliphatic heterocycles. The van der Waals surface area contributed by atoms with Crippen molar-refractivity contribution < 1.29 is 9.59 Å². The minimum Gasteiger partial charge on any atom is -0.339 e. The first-order chi connectivity index (χ1) is 13.7. The summed E-state index contributed by atoms with van der Waals surface area (Å²) in [6, 6.07) is 7.77. The number of carbonyl (C=O) groups excluding carboxylic acids is 2. The van der Waals surface area contributed by atoms with Crippen molar-refractivity contribution >= 4 is 11.8 Å². The van der Waals surface area contributed by atoms with Crippen molar-refractivity contribution in [2.75, 3.05) is 19.6 Å². The molecule has 2 fully saturated rings. The van der Waals surface area contributed by atoms with Crippen LogP contribution in [-0.2, 0) is 11.2 Å². The highest BCUT2D eigenvalue weighted by atomic mass is 16.2. The van der Waals surface area contributed by atoms with Crippen LogP contribution in [0.4, 0.5) is 0 Å². The van der Waals surface area contributed by atoms with Gasteiger partial charge in [0, 0.05) is 56.0 Å². The van der Waals surface area contributed by atoms with Gasteiger partial charge in [-0.15, -0.1) is 0 Å². The standard InChI is InChI=1S/C22H26N4O2/c27-21(18-7-11-24-12-8-18)25-13-1-3-19(16-25)22(28)26-14-2-4-20(26)15-17-5-9-23-10-6-17/h5-12,19-20H,1-4,13-16H2. The Balaban J connectivity index is 1.41. The lowest BCUT2D eigenvalue weighted by atomic mass is 9.95. The Morgan fingerprint density at radius 1 is 0.929 bits per heavy atom. The number of hydrogen-bond donors (Lipinski definition) is 0. The van der Waals surface area contributed by atoms with Gasteiger partial charge in [0.1, 0.15) is 0 Å². The smallest absolute Gasteiger partial charge is 0.253 e. The first kappa shape index (κ1) is 18.6. The number of nitrogens with zero attached hydrogens (tertiary/aromatic N) is 4. The minimum absolute atomic E-state index is 0.00495. The largest absolute Gasteiger partial charge is 0.339 e. The van der Waals surface area contributed by atoms with Crippen LogP contribution in [0.1, 0.15) is 41.6 Å². The molecule has 2 amide bonds. The third kappa shape index (κ3) is 4.06. The summed E-state index contributed by atoms with van der Waals surface area (Å²) in [5, 5.41) is 0. The van der Waals surface area contributed by atoms with E-state index in [0.29, 0.717) is 18.7 Å². The molecule has 4 heterocycles. The maximum absolute atomic E-state index is 13.3. The fourth-order valence-electron chi connectivity index (χ4n) is 4.40. The van der Waals surface area contributed by atoms with Crippen molar-refractivity contribution in [2.45, 2.75) is 38.1 Å². The molecule has 0 radical (unpaired) electrons. The molecule has 28 heavy (non-hydrogen) atoms. The number of aromatic nitrogens is 2. The second-order valence-electron chi connectivity index (χ2n) is 7.71. The molecule has 2 aliphatic rings. The summed E-state index contributed by atoms with van der Waals surface area (Å²) in [6.45, 7) is 2.05. The summed E-state index contributed by atoms with van der Waals surface area (Å²) >= 11 is 0. The van der Waals surface area contributed by atoms with E-state index in [9.17, 15) is 9.59 Å². The van der Waals surface area contributed by atoms with Gasteiger partial charge in [-0.1, -0.05) is 0 Å². The van der Waals surface area contributed by atoms with Crippen LogP contribution < -0.4 is 0 Å². The molecule has 2 atom stereocenters. The van der Waals surface area contributed by atoms with Gasteiger partial charge in [-0.3, -0.25) is 19.6 Å². The molecule has 0 saturated carbocycles. The van der Waals surface area contributed by atoms with Crippen molar-refractivity contribution in [1.29, 1.82) is 0 Å². The quantitative estimate of drug-likeness (QED) is 0.820. The molecule has 146 valence electrons. The summed E-state index contributed by atoms with van der Waals surface area (Å²) < 4.78 is 0. The number of amides is 2. The van der Waals surface area contributed by atoms with Gasteiger partial charge in [-0.05, 0) is 61.9 Å². The normalized spacial score (nSPS) is 22.3. The van der Waals surface area contributed by atoms with Gasteiger partial charge in [0.05, 0.1) is 5.92 Å². The van der Waals surface area contributed by atoms with E-state index in [2.05, 4.69) is 14.9 Å². The van der Waals surface area contributed by atoms with Gasteiger partial charge in [-0.25, -0.2) is 0 Å². The average molecular weight is 378 g/mol. The van der Waals surface area contributed by atoms with Crippen molar-refractivity contribution in [3.63, 3.8) is 0 Å². The number of hydrogen-bond acceptors (Lipinski definition) is 4. The van der Waals surface area contributed by atoms with Crippen LogP contribution in [0, 0.1) is 5.92 Å². The van der Waals surface area contributed by atoms with Crippen LogP contribution in [0.2, 0.25) is 0 Å². The number of piperidine rings is 1. The molecule has 2 aromatic rings. The third-order valence-electron chi connectivity index (χ3n) is 5.87. The second kappa shape index (κ2) is 8.50. The van der Waals surface area contributed by atoms with Crippen LogP contribution in [0.15, 0.2) is 49.1 Å². The van der Waals surface area contributed by atoms with Crippen LogP contribution in [-0.4, -0.2) is 57.3 Å². The molecular formula is C22H26N4O2. The predicted molar refractivity (Wildman–Crippen MR) is 106 cm³/mol. The highest BCUT2D eigenvalue weighted by Crippen LogP contribution is 2.27. The lowest BCUT2D eigenvalue weighted by molar-refractivity contribution is -0.137. The topological polar surface area (TPSA) is 66.4 Å². The van der Waals surface area contributed by atoms with Crippen molar-refractivity contribution in [3.8, 4) is 0 Å². The summed E-state index contributed by atoms with van der Waals surface area (Å²) in [5.74, 6) is 0.107. The third-order valence-corrected chi connectivity index (χ3v) is 5.87. The van der Waals surface area contributed by atoms with Gasteiger partial charge in [0.2, 0.25) is 5.91 Å². The number of rotatable bonds is 4. The average Bonchev–Trinajstić information content (AvgIpc) is 3.22. The molecule has 4 rings (SSSR count). The number of likely N-dealkylation sites (tertiary alicyclic amines) is 2. The molecule has 2 aromatic heterocycles. The first-order valence-corrected chi connectivity index (χ1v) is 10.1. The zero-order valence-electron chi connectivity index (χ0n) is 16.0. The Kier molecular flexibility index (Phi) is 5.65. The van der Waals surface area contributed by atoms with Crippen molar-refractivity contribution in [1.82, 2.24) is 19.8 Å². The molecule has 0 N–H and O–H groups in total. The predicted octanol–water partition coefficient (Wildman–Crippen LogP) is 2.56. The van der Waals surface area contributed by atoms with Crippen LogP contribution in [0.25, 0.3) is 0 Å². The van der Waals surface area contributed by atoms with E-state index in [1.807, 2.05) is 17.0 Å². The van der Waals surface area contributed by atoms with Gasteiger partial charge >= 0.3 is 0 Å². The molecule has 6 heteroatoms. The fourth-order valence-corrected chi connectivity index (χ4v) is 4.40. The van der Waals surface area contributed by atoms with E-state index in [4.69, 9.17) is 0 Å². The van der Waals surface area contributed by atoms with Gasteiger partial charge in [-0.2, -0.15) is 0 Å². The number of carbonyl (C=O) groups is 2. The molecule has 0 bridgehead atoms. The van der Waals surface area contributed by atoms with Crippen LogP contribution in [0.3, 0.4) is 0 Å². The maximum atomic E-state index is 13.3. The zero-order chi connectivity index (χ0) is 19.3. The Morgan fingerprint density at radius 2 is 1.61 bits per heavy atom. The summed E-state index contributed by atoms with van der Waals surface area (Å²) in [7, 11) is 0. The van der Waals surface area contributed by atoms with Crippen molar-refractivity contribution in [3.05, 3.63) is 60.2 Å². The molecule has 0 spiro atoms.